The second-order valence-electron chi connectivity index (χ2n) is 6.89. The average molecular weight is 342 g/mol. The summed E-state index contributed by atoms with van der Waals surface area (Å²) in [4.78, 5) is 12.4. The van der Waals surface area contributed by atoms with Crippen molar-refractivity contribution in [3.63, 3.8) is 0 Å². The van der Waals surface area contributed by atoms with Crippen molar-refractivity contribution in [2.24, 2.45) is 11.3 Å². The fourth-order valence-electron chi connectivity index (χ4n) is 2.24. The van der Waals surface area contributed by atoms with E-state index in [4.69, 9.17) is 0 Å². The molecule has 5 heteroatoms. The topological polar surface area (TPSA) is 46.9 Å². The van der Waals surface area contributed by atoms with Crippen molar-refractivity contribution in [3.05, 3.63) is 21.0 Å². The van der Waals surface area contributed by atoms with E-state index in [-0.39, 0.29) is 11.0 Å². The number of rotatable bonds is 5. The van der Waals surface area contributed by atoms with E-state index < -0.39 is 0 Å². The summed E-state index contributed by atoms with van der Waals surface area (Å²) in [6.07, 6.45) is 6.46. The lowest BCUT2D eigenvalue weighted by Crippen LogP contribution is -2.31. The molecule has 1 aliphatic carbocycles. The van der Waals surface area contributed by atoms with E-state index in [1.54, 1.807) is 10.9 Å². The minimum absolute atomic E-state index is 0.0137. The normalized spacial score (nSPS) is 16.0. The van der Waals surface area contributed by atoms with E-state index in [1.165, 1.54) is 19.3 Å². The van der Waals surface area contributed by atoms with Gasteiger partial charge in [-0.2, -0.15) is 5.10 Å². The van der Waals surface area contributed by atoms with Crippen LogP contribution in [-0.4, -0.2) is 16.3 Å². The van der Waals surface area contributed by atoms with E-state index in [0.717, 1.165) is 24.0 Å². The average Bonchev–Trinajstić information content (AvgIpc) is 2.29. The second kappa shape index (κ2) is 6.29. The fourth-order valence-corrected chi connectivity index (χ4v) is 2.64. The van der Waals surface area contributed by atoms with E-state index in [1.807, 2.05) is 0 Å². The van der Waals surface area contributed by atoms with Gasteiger partial charge in [0.2, 0.25) is 0 Å². The van der Waals surface area contributed by atoms with Crippen molar-refractivity contribution < 1.29 is 0 Å². The van der Waals surface area contributed by atoms with Gasteiger partial charge in [0.15, 0.2) is 0 Å². The fraction of sp³-hybridized carbons (Fsp3) is 0.733. The van der Waals surface area contributed by atoms with Gasteiger partial charge in [0.25, 0.3) is 5.56 Å². The zero-order valence-electron chi connectivity index (χ0n) is 12.6. The van der Waals surface area contributed by atoms with Gasteiger partial charge in [0.05, 0.1) is 10.7 Å². The number of hydrogen-bond donors (Lipinski definition) is 1. The molecule has 1 heterocycles. The molecule has 0 amide bonds. The molecule has 4 nitrogen and oxygen atoms in total. The van der Waals surface area contributed by atoms with Crippen LogP contribution in [0, 0.1) is 11.3 Å². The monoisotopic (exact) mass is 341 g/mol. The van der Waals surface area contributed by atoms with Gasteiger partial charge in [0.1, 0.15) is 5.69 Å². The summed E-state index contributed by atoms with van der Waals surface area (Å²) in [6, 6.07) is 0. The first-order valence-electron chi connectivity index (χ1n) is 7.36. The van der Waals surface area contributed by atoms with Crippen LogP contribution in [0.1, 0.15) is 46.5 Å². The number of halogens is 1. The van der Waals surface area contributed by atoms with Gasteiger partial charge in [-0.3, -0.25) is 4.79 Å². The maximum atomic E-state index is 12.4. The van der Waals surface area contributed by atoms with Gasteiger partial charge in [-0.15, -0.1) is 0 Å². The van der Waals surface area contributed by atoms with E-state index in [0.29, 0.717) is 11.6 Å². The van der Waals surface area contributed by atoms with E-state index in [2.05, 4.69) is 47.1 Å². The molecule has 0 unspecified atom stereocenters. The predicted octanol–water partition coefficient (Wildman–Crippen LogP) is 3.65. The van der Waals surface area contributed by atoms with Gasteiger partial charge in [-0.25, -0.2) is 4.68 Å². The Balaban J connectivity index is 2.06. The summed E-state index contributed by atoms with van der Waals surface area (Å²) >= 11 is 3.42. The number of aromatic nitrogens is 2. The molecule has 0 aromatic carbocycles. The van der Waals surface area contributed by atoms with Crippen molar-refractivity contribution in [1.82, 2.24) is 9.78 Å². The molecule has 0 bridgehead atoms. The zero-order chi connectivity index (χ0) is 14.8. The lowest BCUT2D eigenvalue weighted by molar-refractivity contribution is 0.262. The first kappa shape index (κ1) is 15.5. The molecule has 112 valence electrons. The lowest BCUT2D eigenvalue weighted by atomic mass is 9.85. The Hall–Kier alpha value is -0.840. The molecule has 0 spiro atoms. The third-order valence-electron chi connectivity index (χ3n) is 3.83. The molecule has 1 N–H and O–H groups in total. The Bertz CT molecular complexity index is 515. The van der Waals surface area contributed by atoms with Crippen LogP contribution in [0.25, 0.3) is 0 Å². The van der Waals surface area contributed by atoms with Crippen LogP contribution in [0.15, 0.2) is 15.5 Å². The molecule has 0 atom stereocenters. The Morgan fingerprint density at radius 2 is 2.15 bits per heavy atom. The largest absolute Gasteiger partial charge is 0.380 e. The molecule has 0 radical (unpaired) electrons. The number of anilines is 1. The number of hydrogen-bond acceptors (Lipinski definition) is 3. The highest BCUT2D eigenvalue weighted by Crippen LogP contribution is 2.27. The molecule has 1 aromatic heterocycles. The van der Waals surface area contributed by atoms with Crippen molar-refractivity contribution in [2.75, 3.05) is 11.9 Å². The third-order valence-corrected chi connectivity index (χ3v) is 4.43. The quantitative estimate of drug-likeness (QED) is 0.888. The molecule has 1 aromatic rings. The molecular formula is C15H24BrN3O. The molecule has 0 saturated heterocycles. The first-order chi connectivity index (χ1) is 9.37. The van der Waals surface area contributed by atoms with Crippen molar-refractivity contribution in [3.8, 4) is 0 Å². The van der Waals surface area contributed by atoms with Crippen LogP contribution in [0.5, 0.6) is 0 Å². The minimum Gasteiger partial charge on any atom is -0.380 e. The van der Waals surface area contributed by atoms with Crippen LogP contribution in [0.4, 0.5) is 5.69 Å². The summed E-state index contributed by atoms with van der Waals surface area (Å²) in [5.41, 5.74) is 0.890. The predicted molar refractivity (Wildman–Crippen MR) is 86.1 cm³/mol. The molecular weight excluding hydrogens is 318 g/mol. The van der Waals surface area contributed by atoms with Gasteiger partial charge in [-0.05, 0) is 46.5 Å². The lowest BCUT2D eigenvalue weighted by Gasteiger charge is -2.25. The Labute approximate surface area is 129 Å². The second-order valence-corrected chi connectivity index (χ2v) is 7.74. The maximum absolute atomic E-state index is 12.4. The molecule has 0 aliphatic heterocycles. The van der Waals surface area contributed by atoms with Gasteiger partial charge in [-0.1, -0.05) is 27.2 Å². The van der Waals surface area contributed by atoms with Crippen LogP contribution < -0.4 is 10.9 Å². The zero-order valence-corrected chi connectivity index (χ0v) is 14.2. The first-order valence-corrected chi connectivity index (χ1v) is 8.15. The molecule has 2 rings (SSSR count). The SMILES string of the molecule is CC(C)(C)CCNc1c(Br)cnn(CC2CCC2)c1=O. The number of nitrogens with one attached hydrogen (secondary N) is 1. The highest BCUT2D eigenvalue weighted by Gasteiger charge is 2.20. The number of nitrogens with zero attached hydrogens (tertiary/aromatic N) is 2. The van der Waals surface area contributed by atoms with Gasteiger partial charge in [0, 0.05) is 13.1 Å². The van der Waals surface area contributed by atoms with Crippen molar-refractivity contribution in [1.29, 1.82) is 0 Å². The van der Waals surface area contributed by atoms with Gasteiger partial charge >= 0.3 is 0 Å². The summed E-state index contributed by atoms with van der Waals surface area (Å²) in [6.45, 7) is 8.15. The van der Waals surface area contributed by atoms with Crippen molar-refractivity contribution >= 4 is 21.6 Å². The van der Waals surface area contributed by atoms with Crippen LogP contribution in [0.2, 0.25) is 0 Å². The van der Waals surface area contributed by atoms with Crippen molar-refractivity contribution in [2.45, 2.75) is 53.0 Å². The smallest absolute Gasteiger partial charge is 0.291 e. The summed E-state index contributed by atoms with van der Waals surface area (Å²) in [5.74, 6) is 0.629. The van der Waals surface area contributed by atoms with Crippen LogP contribution in [0.3, 0.4) is 0 Å². The highest BCUT2D eigenvalue weighted by molar-refractivity contribution is 9.10. The Morgan fingerprint density at radius 1 is 1.45 bits per heavy atom. The summed E-state index contributed by atoms with van der Waals surface area (Å²) in [5, 5.41) is 7.50. The third kappa shape index (κ3) is 4.08. The minimum atomic E-state index is -0.0137. The maximum Gasteiger partial charge on any atom is 0.291 e. The molecule has 20 heavy (non-hydrogen) atoms. The van der Waals surface area contributed by atoms with Crippen LogP contribution >= 0.6 is 15.9 Å². The summed E-state index contributed by atoms with van der Waals surface area (Å²) < 4.78 is 2.36. The molecule has 1 fully saturated rings. The molecule has 1 saturated carbocycles. The van der Waals surface area contributed by atoms with Gasteiger partial charge < -0.3 is 5.32 Å². The molecule has 1 aliphatic rings. The van der Waals surface area contributed by atoms with Crippen LogP contribution in [-0.2, 0) is 6.54 Å². The van der Waals surface area contributed by atoms with E-state index in [9.17, 15) is 4.79 Å². The Morgan fingerprint density at radius 3 is 2.70 bits per heavy atom. The van der Waals surface area contributed by atoms with E-state index >= 15 is 0 Å². The summed E-state index contributed by atoms with van der Waals surface area (Å²) in [7, 11) is 0. The Kier molecular flexibility index (Phi) is 4.89. The highest BCUT2D eigenvalue weighted by atomic mass is 79.9. The standard InChI is InChI=1S/C15H24BrN3O/c1-15(2,3)7-8-17-13-12(16)9-18-19(14(13)20)10-11-5-4-6-11/h9,11,17H,4-8,10H2,1-3H3.